The van der Waals surface area contributed by atoms with E-state index in [4.69, 9.17) is 4.42 Å². The highest BCUT2D eigenvalue weighted by Gasteiger charge is 2.31. The average molecular weight is 475 g/mol. The number of rotatable bonds is 4. The average Bonchev–Trinajstić information content (AvgIpc) is 3.24. The number of piperazine rings is 1. The molecule has 1 fully saturated rings. The minimum absolute atomic E-state index is 0.112. The third kappa shape index (κ3) is 4.69. The molecule has 2 aromatic carbocycles. The lowest BCUT2D eigenvalue weighted by Crippen LogP contribution is -2.48. The fourth-order valence-electron chi connectivity index (χ4n) is 4.72. The van der Waals surface area contributed by atoms with E-state index in [0.717, 1.165) is 48.5 Å². The predicted octanol–water partition coefficient (Wildman–Crippen LogP) is 4.16. The first-order chi connectivity index (χ1) is 17.0. The number of para-hydroxylation sites is 1. The van der Waals surface area contributed by atoms with Gasteiger partial charge in [-0.05, 0) is 56.2 Å². The number of nitrogens with zero attached hydrogens (tertiary/aromatic N) is 3. The molecule has 2 amide bonds. The Balaban J connectivity index is 1.30. The van der Waals surface area contributed by atoms with Crippen LogP contribution in [0.15, 0.2) is 64.1 Å². The second-order valence-electron chi connectivity index (χ2n) is 8.83. The van der Waals surface area contributed by atoms with Gasteiger partial charge in [0.15, 0.2) is 5.76 Å². The summed E-state index contributed by atoms with van der Waals surface area (Å²) in [6, 6.07) is 15.5. The molecule has 0 saturated carbocycles. The smallest absolute Gasteiger partial charge is 0.289 e. The summed E-state index contributed by atoms with van der Waals surface area (Å²) in [7, 11) is 0. The number of halogens is 1. The van der Waals surface area contributed by atoms with Gasteiger partial charge in [-0.15, -0.1) is 0 Å². The third-order valence-corrected chi connectivity index (χ3v) is 6.61. The van der Waals surface area contributed by atoms with Crippen molar-refractivity contribution in [1.82, 2.24) is 10.3 Å². The molecule has 1 saturated heterocycles. The Morgan fingerprint density at radius 3 is 2.40 bits per heavy atom. The molecule has 35 heavy (non-hydrogen) atoms. The predicted molar refractivity (Wildman–Crippen MR) is 131 cm³/mol. The molecule has 0 spiro atoms. The van der Waals surface area contributed by atoms with E-state index in [1.807, 2.05) is 30.0 Å². The molecule has 8 heteroatoms. The van der Waals surface area contributed by atoms with Gasteiger partial charge in [0.05, 0.1) is 5.71 Å². The molecule has 180 valence electrons. The Hall–Kier alpha value is -3.94. The van der Waals surface area contributed by atoms with Crippen molar-refractivity contribution in [2.24, 2.45) is 5.10 Å². The van der Waals surface area contributed by atoms with Gasteiger partial charge in [0, 0.05) is 55.0 Å². The normalized spacial score (nSPS) is 16.8. The van der Waals surface area contributed by atoms with Crippen molar-refractivity contribution in [2.45, 2.75) is 26.2 Å². The molecule has 1 N–H and O–H groups in total. The molecule has 5 rings (SSSR count). The zero-order valence-electron chi connectivity index (χ0n) is 19.6. The van der Waals surface area contributed by atoms with Gasteiger partial charge in [-0.3, -0.25) is 9.59 Å². The minimum atomic E-state index is -0.418. The van der Waals surface area contributed by atoms with Crippen LogP contribution in [0.5, 0.6) is 0 Å². The van der Waals surface area contributed by atoms with Crippen LogP contribution in [0.2, 0.25) is 0 Å². The van der Waals surface area contributed by atoms with Crippen molar-refractivity contribution in [3.05, 3.63) is 88.6 Å². The summed E-state index contributed by atoms with van der Waals surface area (Å²) in [6.45, 7) is 4.63. The Bertz CT molecular complexity index is 1260. The molecule has 0 atom stereocenters. The zero-order chi connectivity index (χ0) is 24.4. The monoisotopic (exact) mass is 474 g/mol. The van der Waals surface area contributed by atoms with E-state index in [2.05, 4.69) is 27.6 Å². The maximum Gasteiger partial charge on any atom is 0.289 e. The van der Waals surface area contributed by atoms with Crippen LogP contribution in [0.25, 0.3) is 0 Å². The van der Waals surface area contributed by atoms with Crippen LogP contribution in [-0.4, -0.2) is 48.6 Å². The lowest BCUT2D eigenvalue weighted by Gasteiger charge is -2.35. The number of carbonyl (C=O) groups is 2. The van der Waals surface area contributed by atoms with E-state index < -0.39 is 11.7 Å². The van der Waals surface area contributed by atoms with Crippen molar-refractivity contribution >= 4 is 23.2 Å². The van der Waals surface area contributed by atoms with Gasteiger partial charge in [0.25, 0.3) is 11.8 Å². The molecule has 0 radical (unpaired) electrons. The SMILES string of the molecule is Cc1c(C(=O)N2CCN(c3ccccc3)CC2)oc2c1/C(=N/NC(=O)c1ccc(F)cc1)CCC2. The van der Waals surface area contributed by atoms with Gasteiger partial charge in [-0.25, -0.2) is 9.82 Å². The topological polar surface area (TPSA) is 78.2 Å². The third-order valence-electron chi connectivity index (χ3n) is 6.61. The number of hydrogen-bond donors (Lipinski definition) is 1. The highest BCUT2D eigenvalue weighted by atomic mass is 19.1. The quantitative estimate of drug-likeness (QED) is 0.576. The van der Waals surface area contributed by atoms with Crippen molar-refractivity contribution in [1.29, 1.82) is 0 Å². The molecule has 2 heterocycles. The largest absolute Gasteiger partial charge is 0.455 e. The summed E-state index contributed by atoms with van der Waals surface area (Å²) < 4.78 is 19.2. The van der Waals surface area contributed by atoms with E-state index in [1.54, 1.807) is 0 Å². The molecule has 0 unspecified atom stereocenters. The number of fused-ring (bicyclic) bond motifs is 1. The summed E-state index contributed by atoms with van der Waals surface area (Å²) in [5.41, 5.74) is 6.30. The van der Waals surface area contributed by atoms with Crippen LogP contribution in [0.1, 0.15) is 50.6 Å². The molecule has 0 bridgehead atoms. The Labute approximate surface area is 203 Å². The highest BCUT2D eigenvalue weighted by molar-refractivity contribution is 6.07. The zero-order valence-corrected chi connectivity index (χ0v) is 19.6. The molecule has 7 nitrogen and oxygen atoms in total. The summed E-state index contributed by atoms with van der Waals surface area (Å²) in [6.07, 6.45) is 2.20. The van der Waals surface area contributed by atoms with Crippen molar-refractivity contribution < 1.29 is 18.4 Å². The van der Waals surface area contributed by atoms with Gasteiger partial charge >= 0.3 is 0 Å². The number of anilines is 1. The lowest BCUT2D eigenvalue weighted by atomic mass is 9.93. The molecule has 1 aliphatic carbocycles. The van der Waals surface area contributed by atoms with Gasteiger partial charge in [0.1, 0.15) is 11.6 Å². The minimum Gasteiger partial charge on any atom is -0.455 e. The van der Waals surface area contributed by atoms with Gasteiger partial charge in [-0.2, -0.15) is 5.10 Å². The fourth-order valence-corrected chi connectivity index (χ4v) is 4.72. The molecular formula is C27H27FN4O3. The molecule has 2 aliphatic rings. The van der Waals surface area contributed by atoms with Crippen LogP contribution in [0.3, 0.4) is 0 Å². The number of carbonyl (C=O) groups excluding carboxylic acids is 2. The highest BCUT2D eigenvalue weighted by Crippen LogP contribution is 2.31. The second kappa shape index (κ2) is 9.74. The van der Waals surface area contributed by atoms with E-state index in [1.165, 1.54) is 24.3 Å². The standard InChI is InChI=1S/C27H27FN4O3/c1-18-24-22(29-30-26(33)19-10-12-20(28)13-11-19)8-5-9-23(24)35-25(18)27(34)32-16-14-31(15-17-32)21-6-3-2-4-7-21/h2-4,6-7,10-13H,5,8-9,14-17H2,1H3,(H,30,33)/b29-22+. The molecule has 1 aromatic heterocycles. The van der Waals surface area contributed by atoms with Crippen LogP contribution >= 0.6 is 0 Å². The van der Waals surface area contributed by atoms with Crippen molar-refractivity contribution in [3.63, 3.8) is 0 Å². The molecule has 1 aliphatic heterocycles. The van der Waals surface area contributed by atoms with Crippen LogP contribution in [-0.2, 0) is 6.42 Å². The first-order valence-corrected chi connectivity index (χ1v) is 11.9. The first-order valence-electron chi connectivity index (χ1n) is 11.9. The fraction of sp³-hybridized carbons (Fsp3) is 0.296. The number of nitrogens with one attached hydrogen (secondary N) is 1. The number of benzene rings is 2. The van der Waals surface area contributed by atoms with E-state index in [9.17, 15) is 14.0 Å². The van der Waals surface area contributed by atoms with Gasteiger partial charge in [0.2, 0.25) is 0 Å². The second-order valence-corrected chi connectivity index (χ2v) is 8.83. The molecular weight excluding hydrogens is 447 g/mol. The summed E-state index contributed by atoms with van der Waals surface area (Å²) in [4.78, 5) is 29.9. The van der Waals surface area contributed by atoms with E-state index in [-0.39, 0.29) is 5.91 Å². The summed E-state index contributed by atoms with van der Waals surface area (Å²) in [5, 5.41) is 4.34. The number of hydrogen-bond acceptors (Lipinski definition) is 5. The Morgan fingerprint density at radius 1 is 0.971 bits per heavy atom. The summed E-state index contributed by atoms with van der Waals surface area (Å²) in [5.74, 6) is 0.146. The number of aryl methyl sites for hydroxylation is 1. The maximum absolute atomic E-state index is 13.3. The van der Waals surface area contributed by atoms with Crippen molar-refractivity contribution in [3.8, 4) is 0 Å². The lowest BCUT2D eigenvalue weighted by molar-refractivity contribution is 0.0711. The number of hydrazone groups is 1. The number of furan rings is 1. The Morgan fingerprint density at radius 2 is 1.69 bits per heavy atom. The van der Waals surface area contributed by atoms with E-state index >= 15 is 0 Å². The summed E-state index contributed by atoms with van der Waals surface area (Å²) >= 11 is 0. The van der Waals surface area contributed by atoms with Gasteiger partial charge in [-0.1, -0.05) is 18.2 Å². The van der Waals surface area contributed by atoms with Crippen LogP contribution in [0, 0.1) is 12.7 Å². The maximum atomic E-state index is 13.3. The van der Waals surface area contributed by atoms with Crippen LogP contribution in [0.4, 0.5) is 10.1 Å². The molecule has 3 aromatic rings. The van der Waals surface area contributed by atoms with Gasteiger partial charge < -0.3 is 14.2 Å². The Kier molecular flexibility index (Phi) is 6.35. The van der Waals surface area contributed by atoms with Crippen LogP contribution < -0.4 is 10.3 Å². The van der Waals surface area contributed by atoms with E-state index in [0.29, 0.717) is 36.5 Å². The number of amides is 2. The first kappa shape index (κ1) is 22.8. The van der Waals surface area contributed by atoms with Crippen molar-refractivity contribution in [2.75, 3.05) is 31.1 Å².